The SMILES string of the molecule is CNC(=O)CC1CN(S(=O)(=O)c2cc3cc(Cl)ccc3[nH]2)CCN1C(=O)OC(C)(C)C. The molecule has 0 radical (unpaired) electrons. The lowest BCUT2D eigenvalue weighted by Crippen LogP contribution is -2.58. The van der Waals surface area contributed by atoms with Crippen LogP contribution in [0.1, 0.15) is 27.2 Å². The van der Waals surface area contributed by atoms with Crippen molar-refractivity contribution >= 4 is 44.5 Å². The number of amides is 2. The maximum Gasteiger partial charge on any atom is 0.410 e. The van der Waals surface area contributed by atoms with E-state index in [0.717, 1.165) is 0 Å². The highest BCUT2D eigenvalue weighted by Gasteiger charge is 2.39. The molecule has 31 heavy (non-hydrogen) atoms. The number of H-pyrrole nitrogens is 1. The molecule has 1 fully saturated rings. The summed E-state index contributed by atoms with van der Waals surface area (Å²) in [6.45, 7) is 5.43. The second kappa shape index (κ2) is 8.68. The molecule has 3 rings (SSSR count). The van der Waals surface area contributed by atoms with Crippen molar-refractivity contribution in [1.29, 1.82) is 0 Å². The van der Waals surface area contributed by atoms with Crippen LogP contribution in [0.25, 0.3) is 10.9 Å². The van der Waals surface area contributed by atoms with Gasteiger partial charge in [0.2, 0.25) is 5.91 Å². The van der Waals surface area contributed by atoms with Gasteiger partial charge < -0.3 is 19.9 Å². The van der Waals surface area contributed by atoms with Crippen LogP contribution in [-0.2, 0) is 19.6 Å². The first-order valence-corrected chi connectivity index (χ1v) is 11.7. The smallest absolute Gasteiger partial charge is 0.410 e. The molecule has 2 amide bonds. The largest absolute Gasteiger partial charge is 0.444 e. The van der Waals surface area contributed by atoms with Crippen LogP contribution >= 0.6 is 11.6 Å². The van der Waals surface area contributed by atoms with E-state index in [4.69, 9.17) is 16.3 Å². The minimum absolute atomic E-state index is 0.0227. The van der Waals surface area contributed by atoms with Crippen LogP contribution in [0.3, 0.4) is 0 Å². The minimum Gasteiger partial charge on any atom is -0.444 e. The molecule has 2 aromatic rings. The van der Waals surface area contributed by atoms with Gasteiger partial charge in [-0.3, -0.25) is 4.79 Å². The molecule has 1 aromatic heterocycles. The van der Waals surface area contributed by atoms with Gasteiger partial charge in [0.1, 0.15) is 10.6 Å². The predicted octanol–water partition coefficient (Wildman–Crippen LogP) is 2.57. The molecular weight excluding hydrogens is 444 g/mol. The monoisotopic (exact) mass is 470 g/mol. The molecule has 0 aliphatic carbocycles. The minimum atomic E-state index is -3.87. The van der Waals surface area contributed by atoms with E-state index in [1.165, 1.54) is 22.3 Å². The van der Waals surface area contributed by atoms with Gasteiger partial charge in [0, 0.05) is 49.0 Å². The number of carbonyl (C=O) groups is 2. The molecule has 1 aliphatic heterocycles. The fourth-order valence-corrected chi connectivity index (χ4v) is 5.12. The van der Waals surface area contributed by atoms with Gasteiger partial charge in [0.15, 0.2) is 0 Å². The molecule has 170 valence electrons. The maximum absolute atomic E-state index is 13.3. The van der Waals surface area contributed by atoms with Crippen molar-refractivity contribution in [2.45, 2.75) is 43.9 Å². The van der Waals surface area contributed by atoms with Crippen LogP contribution in [0, 0.1) is 0 Å². The van der Waals surface area contributed by atoms with Crippen molar-refractivity contribution in [3.8, 4) is 0 Å². The van der Waals surface area contributed by atoms with Crippen LogP contribution in [0.4, 0.5) is 4.79 Å². The number of carbonyl (C=O) groups excluding carboxylic acids is 2. The van der Waals surface area contributed by atoms with Gasteiger partial charge in [0.25, 0.3) is 10.0 Å². The molecule has 0 spiro atoms. The quantitative estimate of drug-likeness (QED) is 0.713. The lowest BCUT2D eigenvalue weighted by molar-refractivity contribution is -0.122. The lowest BCUT2D eigenvalue weighted by atomic mass is 10.1. The number of halogens is 1. The molecule has 0 saturated carbocycles. The van der Waals surface area contributed by atoms with Gasteiger partial charge in [-0.15, -0.1) is 0 Å². The number of fused-ring (bicyclic) bond motifs is 1. The number of aromatic amines is 1. The molecule has 0 bridgehead atoms. The highest BCUT2D eigenvalue weighted by Crippen LogP contribution is 2.27. The van der Waals surface area contributed by atoms with Crippen molar-refractivity contribution in [2.24, 2.45) is 0 Å². The summed E-state index contributed by atoms with van der Waals surface area (Å²) in [7, 11) is -2.38. The lowest BCUT2D eigenvalue weighted by Gasteiger charge is -2.40. The summed E-state index contributed by atoms with van der Waals surface area (Å²) < 4.78 is 33.3. The zero-order chi connectivity index (χ0) is 23.0. The van der Waals surface area contributed by atoms with Gasteiger partial charge >= 0.3 is 6.09 Å². The molecule has 2 N–H and O–H groups in total. The second-order valence-electron chi connectivity index (χ2n) is 8.43. The zero-order valence-corrected chi connectivity index (χ0v) is 19.5. The summed E-state index contributed by atoms with van der Waals surface area (Å²) in [5, 5.41) is 3.75. The first-order valence-electron chi connectivity index (χ1n) is 9.89. The molecule has 1 unspecified atom stereocenters. The Balaban J connectivity index is 1.86. The molecule has 9 nitrogen and oxygen atoms in total. The molecule has 1 aromatic carbocycles. The van der Waals surface area contributed by atoms with E-state index < -0.39 is 27.8 Å². The molecule has 2 heterocycles. The van der Waals surface area contributed by atoms with Crippen molar-refractivity contribution in [2.75, 3.05) is 26.7 Å². The summed E-state index contributed by atoms with van der Waals surface area (Å²) >= 11 is 6.00. The Hall–Kier alpha value is -2.30. The van der Waals surface area contributed by atoms with E-state index in [2.05, 4.69) is 10.3 Å². The first-order chi connectivity index (χ1) is 14.4. The Bertz CT molecular complexity index is 1090. The summed E-state index contributed by atoms with van der Waals surface area (Å²) in [5.74, 6) is -0.293. The third-order valence-corrected chi connectivity index (χ3v) is 6.97. The van der Waals surface area contributed by atoms with E-state index in [9.17, 15) is 18.0 Å². The average molecular weight is 471 g/mol. The maximum atomic E-state index is 13.3. The zero-order valence-electron chi connectivity index (χ0n) is 17.9. The highest BCUT2D eigenvalue weighted by molar-refractivity contribution is 7.89. The van der Waals surface area contributed by atoms with E-state index in [0.29, 0.717) is 15.9 Å². The van der Waals surface area contributed by atoms with E-state index in [-0.39, 0.29) is 37.0 Å². The van der Waals surface area contributed by atoms with Crippen LogP contribution in [0.5, 0.6) is 0 Å². The van der Waals surface area contributed by atoms with Gasteiger partial charge in [-0.2, -0.15) is 4.31 Å². The fraction of sp³-hybridized carbons (Fsp3) is 0.500. The molecule has 11 heteroatoms. The van der Waals surface area contributed by atoms with Crippen LogP contribution < -0.4 is 5.32 Å². The Morgan fingerprint density at radius 1 is 1.26 bits per heavy atom. The highest BCUT2D eigenvalue weighted by atomic mass is 35.5. The molecule has 1 saturated heterocycles. The summed E-state index contributed by atoms with van der Waals surface area (Å²) in [4.78, 5) is 29.0. The van der Waals surface area contributed by atoms with Crippen molar-refractivity contribution in [1.82, 2.24) is 19.5 Å². The topological polar surface area (TPSA) is 112 Å². The standard InChI is InChI=1S/C20H27ClN4O5S/c1-20(2,3)30-19(27)25-8-7-24(12-15(25)11-17(26)22-4)31(28,29)18-10-13-9-14(21)5-6-16(13)23-18/h5-6,9-10,15,23H,7-8,11-12H2,1-4H3,(H,22,26). The normalized spacial score (nSPS) is 18.2. The Morgan fingerprint density at radius 3 is 2.61 bits per heavy atom. The van der Waals surface area contributed by atoms with Crippen molar-refractivity contribution in [3.63, 3.8) is 0 Å². The Morgan fingerprint density at radius 2 is 1.97 bits per heavy atom. The summed E-state index contributed by atoms with van der Waals surface area (Å²) in [6, 6.07) is 5.95. The molecule has 1 aliphatic rings. The van der Waals surface area contributed by atoms with E-state index >= 15 is 0 Å². The summed E-state index contributed by atoms with van der Waals surface area (Å²) in [5.41, 5.74) is -0.0546. The van der Waals surface area contributed by atoms with Crippen LogP contribution in [0.15, 0.2) is 29.3 Å². The predicted molar refractivity (Wildman–Crippen MR) is 117 cm³/mol. The number of aromatic nitrogens is 1. The van der Waals surface area contributed by atoms with Gasteiger partial charge in [-0.1, -0.05) is 11.6 Å². The van der Waals surface area contributed by atoms with Gasteiger partial charge in [-0.25, -0.2) is 13.2 Å². The Kier molecular flexibility index (Phi) is 6.54. The average Bonchev–Trinajstić information content (AvgIpc) is 3.10. The van der Waals surface area contributed by atoms with Crippen molar-refractivity contribution < 1.29 is 22.7 Å². The number of rotatable bonds is 4. The number of hydrogen-bond acceptors (Lipinski definition) is 5. The van der Waals surface area contributed by atoms with Gasteiger partial charge in [0.05, 0.1) is 6.04 Å². The van der Waals surface area contributed by atoms with Crippen molar-refractivity contribution in [3.05, 3.63) is 29.3 Å². The number of nitrogens with zero attached hydrogens (tertiary/aromatic N) is 2. The number of benzene rings is 1. The summed E-state index contributed by atoms with van der Waals surface area (Å²) in [6.07, 6.45) is -0.608. The number of nitrogens with one attached hydrogen (secondary N) is 2. The first kappa shape index (κ1) is 23.4. The number of ether oxygens (including phenoxy) is 1. The number of hydrogen-bond donors (Lipinski definition) is 2. The second-order valence-corrected chi connectivity index (χ2v) is 10.8. The van der Waals surface area contributed by atoms with E-state index in [1.807, 2.05) is 0 Å². The number of piperazine rings is 1. The molecular formula is C20H27ClN4O5S. The van der Waals surface area contributed by atoms with Crippen LogP contribution in [-0.4, -0.2) is 72.9 Å². The Labute approximate surface area is 186 Å². The fourth-order valence-electron chi connectivity index (χ4n) is 3.45. The molecule has 1 atom stereocenters. The third-order valence-electron chi connectivity index (χ3n) is 4.95. The van der Waals surface area contributed by atoms with Crippen LogP contribution in [0.2, 0.25) is 5.02 Å². The van der Waals surface area contributed by atoms with Gasteiger partial charge in [-0.05, 0) is 45.0 Å². The van der Waals surface area contributed by atoms with E-state index in [1.54, 1.807) is 39.0 Å². The number of sulfonamides is 1. The third kappa shape index (κ3) is 5.31.